The van der Waals surface area contributed by atoms with E-state index in [0.29, 0.717) is 21.2 Å². The van der Waals surface area contributed by atoms with Crippen LogP contribution < -0.4 is 15.0 Å². The summed E-state index contributed by atoms with van der Waals surface area (Å²) in [5, 5.41) is 13.6. The van der Waals surface area contributed by atoms with Gasteiger partial charge in [0.2, 0.25) is 0 Å². The molecule has 0 unspecified atom stereocenters. The summed E-state index contributed by atoms with van der Waals surface area (Å²) in [7, 11) is 0. The molecule has 1 heterocycles. The number of carbonyl (C=O) groups excluding carboxylic acids is 3. The van der Waals surface area contributed by atoms with Crippen LogP contribution in [0, 0.1) is 17.0 Å². The number of non-ortho nitro benzene ring substituents is 1. The van der Waals surface area contributed by atoms with Gasteiger partial charge in [0.15, 0.2) is 0 Å². The van der Waals surface area contributed by atoms with Crippen molar-refractivity contribution in [3.63, 3.8) is 0 Å². The lowest BCUT2D eigenvalue weighted by Gasteiger charge is -2.26. The quantitative estimate of drug-likeness (QED) is 0.229. The number of ether oxygens (including phenoxy) is 1. The Balaban J connectivity index is 1.68. The number of nitrogens with one attached hydrogen (secondary N) is 1. The molecule has 0 saturated carbocycles. The van der Waals surface area contributed by atoms with Gasteiger partial charge in [-0.05, 0) is 42.8 Å². The van der Waals surface area contributed by atoms with Gasteiger partial charge < -0.3 is 4.74 Å². The Labute approximate surface area is 204 Å². The first-order chi connectivity index (χ1) is 16.7. The third-order valence-corrected chi connectivity index (χ3v) is 5.38. The zero-order chi connectivity index (χ0) is 25.1. The Morgan fingerprint density at radius 1 is 1.06 bits per heavy atom. The van der Waals surface area contributed by atoms with Gasteiger partial charge in [0, 0.05) is 22.7 Å². The minimum absolute atomic E-state index is 0.0536. The molecule has 0 bridgehead atoms. The monoisotopic (exact) mass is 491 g/mol. The van der Waals surface area contributed by atoms with Crippen molar-refractivity contribution in [1.29, 1.82) is 0 Å². The molecule has 176 valence electrons. The molecule has 1 aliphatic heterocycles. The highest BCUT2D eigenvalue weighted by Gasteiger charge is 2.37. The standard InChI is InChI=1S/C25H18ClN3O6/c1-15-4-2-5-16(10-15)14-35-22-9-8-18(26)11-17(22)12-21-23(30)27-25(32)28(24(21)31)19-6-3-7-20(13-19)29(33)34/h2-13H,14H2,1H3,(H,27,30,32)/b21-12+. The molecule has 0 spiro atoms. The van der Waals surface area contributed by atoms with Crippen molar-refractivity contribution >= 4 is 46.9 Å². The Hall–Kier alpha value is -4.50. The third kappa shape index (κ3) is 5.20. The Morgan fingerprint density at radius 2 is 1.83 bits per heavy atom. The average molecular weight is 492 g/mol. The van der Waals surface area contributed by atoms with Gasteiger partial charge in [-0.15, -0.1) is 0 Å². The minimum Gasteiger partial charge on any atom is -0.488 e. The average Bonchev–Trinajstić information content (AvgIpc) is 2.81. The molecule has 3 aromatic rings. The zero-order valence-electron chi connectivity index (χ0n) is 18.4. The molecule has 0 aliphatic carbocycles. The number of rotatable bonds is 6. The first-order valence-electron chi connectivity index (χ1n) is 10.4. The molecule has 4 amide bonds. The van der Waals surface area contributed by atoms with Gasteiger partial charge in [-0.2, -0.15) is 0 Å². The lowest BCUT2D eigenvalue weighted by molar-refractivity contribution is -0.384. The van der Waals surface area contributed by atoms with Crippen LogP contribution in [0.1, 0.15) is 16.7 Å². The minimum atomic E-state index is -1.01. The van der Waals surface area contributed by atoms with Crippen molar-refractivity contribution in [2.45, 2.75) is 13.5 Å². The van der Waals surface area contributed by atoms with Crippen LogP contribution in [0.25, 0.3) is 6.08 Å². The van der Waals surface area contributed by atoms with E-state index >= 15 is 0 Å². The van der Waals surface area contributed by atoms with Crippen LogP contribution in [0.2, 0.25) is 5.02 Å². The smallest absolute Gasteiger partial charge is 0.335 e. The van der Waals surface area contributed by atoms with Crippen LogP contribution in [0.15, 0.2) is 72.3 Å². The van der Waals surface area contributed by atoms with Crippen LogP contribution in [-0.2, 0) is 16.2 Å². The molecule has 0 atom stereocenters. The van der Waals surface area contributed by atoms with E-state index in [4.69, 9.17) is 16.3 Å². The van der Waals surface area contributed by atoms with Crippen molar-refractivity contribution in [3.8, 4) is 5.75 Å². The Morgan fingerprint density at radius 3 is 2.57 bits per heavy atom. The zero-order valence-corrected chi connectivity index (χ0v) is 19.1. The Kier molecular flexibility index (Phi) is 6.61. The molecule has 3 aromatic carbocycles. The van der Waals surface area contributed by atoms with E-state index in [-0.39, 0.29) is 23.6 Å². The molecule has 1 fully saturated rings. The number of nitro benzene ring substituents is 1. The molecule has 10 heteroatoms. The van der Waals surface area contributed by atoms with Gasteiger partial charge in [-0.3, -0.25) is 25.0 Å². The van der Waals surface area contributed by atoms with E-state index in [1.54, 1.807) is 12.1 Å². The predicted molar refractivity (Wildman–Crippen MR) is 129 cm³/mol. The number of nitrogens with zero attached hydrogens (tertiary/aromatic N) is 2. The van der Waals surface area contributed by atoms with Crippen molar-refractivity contribution in [1.82, 2.24) is 5.32 Å². The van der Waals surface area contributed by atoms with Crippen LogP contribution >= 0.6 is 11.6 Å². The molecule has 0 aromatic heterocycles. The van der Waals surface area contributed by atoms with Gasteiger partial charge in [0.05, 0.1) is 10.6 Å². The molecule has 9 nitrogen and oxygen atoms in total. The fourth-order valence-electron chi connectivity index (χ4n) is 3.52. The maximum atomic E-state index is 13.2. The number of carbonyl (C=O) groups is 3. The van der Waals surface area contributed by atoms with Crippen LogP contribution in [0.4, 0.5) is 16.2 Å². The highest BCUT2D eigenvalue weighted by atomic mass is 35.5. The number of hydrogen-bond donors (Lipinski definition) is 1. The van der Waals surface area contributed by atoms with E-state index in [0.717, 1.165) is 17.2 Å². The van der Waals surface area contributed by atoms with Gasteiger partial charge >= 0.3 is 6.03 Å². The number of halogens is 1. The van der Waals surface area contributed by atoms with Crippen molar-refractivity contribution in [2.75, 3.05) is 4.90 Å². The molecular formula is C25H18ClN3O6. The number of benzene rings is 3. The summed E-state index contributed by atoms with van der Waals surface area (Å²) in [6.07, 6.45) is 1.27. The van der Waals surface area contributed by atoms with Crippen LogP contribution in [0.3, 0.4) is 0 Å². The fourth-order valence-corrected chi connectivity index (χ4v) is 3.70. The van der Waals surface area contributed by atoms with Crippen molar-refractivity contribution < 1.29 is 24.0 Å². The van der Waals surface area contributed by atoms with Gasteiger partial charge in [0.1, 0.15) is 17.9 Å². The van der Waals surface area contributed by atoms with Crippen LogP contribution in [-0.4, -0.2) is 22.8 Å². The number of hydrogen-bond acceptors (Lipinski definition) is 6. The second-order valence-electron chi connectivity index (χ2n) is 7.69. The van der Waals surface area contributed by atoms with E-state index in [1.165, 1.54) is 30.3 Å². The maximum Gasteiger partial charge on any atom is 0.335 e. The Bertz CT molecular complexity index is 1400. The van der Waals surface area contributed by atoms with Crippen LogP contribution in [0.5, 0.6) is 5.75 Å². The summed E-state index contributed by atoms with van der Waals surface area (Å²) in [5.74, 6) is -1.49. The third-order valence-electron chi connectivity index (χ3n) is 5.15. The number of amides is 4. The van der Waals surface area contributed by atoms with Gasteiger partial charge in [-0.1, -0.05) is 47.5 Å². The summed E-state index contributed by atoms with van der Waals surface area (Å²) < 4.78 is 5.92. The molecule has 1 N–H and O–H groups in total. The highest BCUT2D eigenvalue weighted by Crippen LogP contribution is 2.29. The molecule has 0 radical (unpaired) electrons. The number of nitro groups is 1. The lowest BCUT2D eigenvalue weighted by Crippen LogP contribution is -2.54. The van der Waals surface area contributed by atoms with E-state index in [2.05, 4.69) is 5.32 Å². The highest BCUT2D eigenvalue weighted by molar-refractivity contribution is 6.39. The largest absolute Gasteiger partial charge is 0.488 e. The summed E-state index contributed by atoms with van der Waals surface area (Å²) in [6.45, 7) is 2.20. The number of aryl methyl sites for hydroxylation is 1. The first-order valence-corrected chi connectivity index (χ1v) is 10.7. The molecular weight excluding hydrogens is 474 g/mol. The molecule has 1 saturated heterocycles. The maximum absolute atomic E-state index is 13.2. The summed E-state index contributed by atoms with van der Waals surface area (Å²) in [5.41, 5.74) is 1.61. The molecule has 4 rings (SSSR count). The first kappa shape index (κ1) is 23.7. The molecule has 1 aliphatic rings. The van der Waals surface area contributed by atoms with Crippen molar-refractivity contribution in [2.24, 2.45) is 0 Å². The van der Waals surface area contributed by atoms with E-state index in [9.17, 15) is 24.5 Å². The number of urea groups is 1. The van der Waals surface area contributed by atoms with E-state index < -0.39 is 22.8 Å². The summed E-state index contributed by atoms with van der Waals surface area (Å²) >= 11 is 6.14. The van der Waals surface area contributed by atoms with Crippen molar-refractivity contribution in [3.05, 3.63) is 104 Å². The van der Waals surface area contributed by atoms with Gasteiger partial charge in [-0.25, -0.2) is 9.69 Å². The number of anilines is 1. The topological polar surface area (TPSA) is 119 Å². The normalized spacial score (nSPS) is 14.7. The summed E-state index contributed by atoms with van der Waals surface area (Å²) in [4.78, 5) is 49.3. The SMILES string of the molecule is Cc1cccc(COc2ccc(Cl)cc2/C=C2\C(=O)NC(=O)N(c3cccc([N+](=O)[O-])c3)C2=O)c1. The predicted octanol–water partition coefficient (Wildman–Crippen LogP) is 4.80. The number of imide groups is 2. The second kappa shape index (κ2) is 9.78. The van der Waals surface area contributed by atoms with E-state index in [1.807, 2.05) is 31.2 Å². The second-order valence-corrected chi connectivity index (χ2v) is 8.13. The molecule has 35 heavy (non-hydrogen) atoms. The van der Waals surface area contributed by atoms with Gasteiger partial charge in [0.25, 0.3) is 17.5 Å². The number of barbiturate groups is 1. The fraction of sp³-hybridized carbons (Fsp3) is 0.0800. The lowest BCUT2D eigenvalue weighted by atomic mass is 10.1. The summed E-state index contributed by atoms with van der Waals surface area (Å²) in [6, 6.07) is 16.4.